The summed E-state index contributed by atoms with van der Waals surface area (Å²) >= 11 is 1.40. The Balaban J connectivity index is 1.57. The zero-order valence-electron chi connectivity index (χ0n) is 43.9. The molecule has 1 aromatic heterocycles. The lowest BCUT2D eigenvalue weighted by molar-refractivity contribution is 0.435. The van der Waals surface area contributed by atoms with E-state index in [1.165, 1.54) is 11.3 Å². The van der Waals surface area contributed by atoms with Crippen LogP contribution in [0.25, 0.3) is 42.4 Å². The molecule has 0 aliphatic carbocycles. The fraction of sp³-hybridized carbons (Fsp3) is 0.0233. The van der Waals surface area contributed by atoms with Gasteiger partial charge in [0, 0.05) is 31.3 Å². The molecule has 0 radical (unpaired) electrons. The summed E-state index contributed by atoms with van der Waals surface area (Å²) < 4.78 is 199. The minimum absolute atomic E-state index is 0.197. The van der Waals surface area contributed by atoms with Gasteiger partial charge < -0.3 is 4.74 Å². The van der Waals surface area contributed by atoms with Gasteiger partial charge in [0.05, 0.1) is 34.2 Å². The maximum absolute atomic E-state index is 9.96. The van der Waals surface area contributed by atoms with E-state index >= 15 is 0 Å². The van der Waals surface area contributed by atoms with Gasteiger partial charge in [-0.1, -0.05) is 145 Å². The van der Waals surface area contributed by atoms with Gasteiger partial charge in [0.15, 0.2) is 0 Å². The lowest BCUT2D eigenvalue weighted by Crippen LogP contribution is -2.34. The molecule has 0 bridgehead atoms. The predicted molar refractivity (Wildman–Crippen MR) is 189 cm³/mol. The molecule has 0 fully saturated rings. The smallest absolute Gasteiger partial charge is 0.132 e. The molecular formula is C43H28OS. The molecule has 8 aromatic rings. The van der Waals surface area contributed by atoms with Crippen LogP contribution in [-0.2, 0) is 5.41 Å². The van der Waals surface area contributed by atoms with E-state index in [-0.39, 0.29) is 11.1 Å². The van der Waals surface area contributed by atoms with Crippen LogP contribution in [0.15, 0.2) is 169 Å². The number of para-hydroxylation sites is 1. The summed E-state index contributed by atoms with van der Waals surface area (Å²) in [5.74, 6) is -1.80. The van der Waals surface area contributed by atoms with Crippen LogP contribution in [0.2, 0.25) is 0 Å². The molecule has 0 saturated heterocycles. The molecule has 7 aromatic carbocycles. The topological polar surface area (TPSA) is 9.23 Å². The van der Waals surface area contributed by atoms with Crippen molar-refractivity contribution in [1.82, 2.24) is 0 Å². The minimum atomic E-state index is -3.18. The van der Waals surface area contributed by atoms with E-state index in [1.54, 1.807) is 18.2 Å². The van der Waals surface area contributed by atoms with Crippen LogP contribution in [0.3, 0.4) is 0 Å². The molecule has 212 valence electrons. The van der Waals surface area contributed by atoms with Gasteiger partial charge in [0.25, 0.3) is 0 Å². The molecule has 2 heterocycles. The molecule has 0 atom stereocenters. The fourth-order valence-electron chi connectivity index (χ4n) is 5.91. The molecule has 0 saturated carbocycles. The standard InChI is InChI=1S/C43H28OS/c1-3-14-30(15-4-1)43(31-16-5-2-6-17-31)36-22-10-11-23-38(36)44-39-28-29(26-27-37(39)43)32-18-7-8-19-33(32)34-21-13-25-41-42(34)35-20-9-12-24-40(35)45-41/h1-28H/i1D,2D,3D,4D,5D,6D,7D,8D,10D,11D,14D,15D,16D,17D,18D,19D,22D,23D,26D,27D,28D. The maximum atomic E-state index is 9.96. The maximum Gasteiger partial charge on any atom is 0.132 e. The third-order valence-corrected chi connectivity index (χ3v) is 8.88. The Morgan fingerprint density at radius 2 is 1.16 bits per heavy atom. The average molecular weight is 614 g/mol. The highest BCUT2D eigenvalue weighted by atomic mass is 32.1. The average Bonchev–Trinajstić information content (AvgIpc) is 3.69. The lowest BCUT2D eigenvalue weighted by Gasteiger charge is -2.41. The van der Waals surface area contributed by atoms with Gasteiger partial charge in [-0.2, -0.15) is 0 Å². The van der Waals surface area contributed by atoms with Crippen molar-refractivity contribution in [3.8, 4) is 33.8 Å². The molecule has 1 nitrogen and oxygen atoms in total. The van der Waals surface area contributed by atoms with E-state index in [0.29, 0.717) is 15.5 Å². The second-order valence-corrected chi connectivity index (χ2v) is 11.1. The van der Waals surface area contributed by atoms with E-state index in [2.05, 4.69) is 0 Å². The summed E-state index contributed by atoms with van der Waals surface area (Å²) in [7, 11) is 0. The molecular weight excluding hydrogens is 565 g/mol. The first-order chi connectivity index (χ1) is 31.0. The highest BCUT2D eigenvalue weighted by molar-refractivity contribution is 7.25. The number of benzene rings is 7. The van der Waals surface area contributed by atoms with Crippen molar-refractivity contribution in [2.24, 2.45) is 0 Å². The number of hydrogen-bond donors (Lipinski definition) is 0. The summed E-state index contributed by atoms with van der Waals surface area (Å²) in [5.41, 5.74) is -7.93. The van der Waals surface area contributed by atoms with Crippen LogP contribution < -0.4 is 4.74 Å². The summed E-state index contributed by atoms with van der Waals surface area (Å²) in [6.07, 6.45) is 0. The second-order valence-electron chi connectivity index (χ2n) is 10.0. The lowest BCUT2D eigenvalue weighted by atomic mass is 9.63. The van der Waals surface area contributed by atoms with Gasteiger partial charge in [-0.3, -0.25) is 0 Å². The number of fused-ring (bicyclic) bond motifs is 5. The fourth-order valence-corrected chi connectivity index (χ4v) is 7.04. The van der Waals surface area contributed by atoms with Crippen molar-refractivity contribution in [3.05, 3.63) is 192 Å². The number of rotatable bonds is 4. The van der Waals surface area contributed by atoms with E-state index in [4.69, 9.17) is 19.8 Å². The predicted octanol–water partition coefficient (Wildman–Crippen LogP) is 11.9. The molecule has 0 unspecified atom stereocenters. The normalized spacial score (nSPS) is 19.8. The van der Waals surface area contributed by atoms with Gasteiger partial charge in [-0.25, -0.2) is 0 Å². The Kier molecular flexibility index (Phi) is 2.87. The Morgan fingerprint density at radius 1 is 0.511 bits per heavy atom. The van der Waals surface area contributed by atoms with E-state index in [9.17, 15) is 13.7 Å². The third kappa shape index (κ3) is 3.93. The Bertz CT molecular complexity index is 3380. The molecule has 9 rings (SSSR count). The minimum Gasteiger partial charge on any atom is -0.457 e. The zero-order valence-corrected chi connectivity index (χ0v) is 23.7. The van der Waals surface area contributed by atoms with Crippen molar-refractivity contribution >= 4 is 31.5 Å². The Morgan fingerprint density at radius 3 is 1.96 bits per heavy atom. The first-order valence-corrected chi connectivity index (χ1v) is 14.5. The van der Waals surface area contributed by atoms with Gasteiger partial charge >= 0.3 is 0 Å². The molecule has 2 heteroatoms. The Hall–Kier alpha value is -5.44. The monoisotopic (exact) mass is 613 g/mol. The van der Waals surface area contributed by atoms with Gasteiger partial charge in [0.1, 0.15) is 11.5 Å². The van der Waals surface area contributed by atoms with Crippen molar-refractivity contribution in [2.75, 3.05) is 0 Å². The van der Waals surface area contributed by atoms with E-state index < -0.39 is 177 Å². The van der Waals surface area contributed by atoms with Crippen LogP contribution in [0.1, 0.15) is 51.0 Å². The first kappa shape index (κ1) is 12.5. The van der Waals surface area contributed by atoms with Crippen molar-refractivity contribution in [3.63, 3.8) is 0 Å². The van der Waals surface area contributed by atoms with Crippen molar-refractivity contribution in [2.45, 2.75) is 5.41 Å². The summed E-state index contributed by atoms with van der Waals surface area (Å²) in [6.45, 7) is 0. The SMILES string of the molecule is [2H]c1c([2H])c([2H])c(C2(c3c([2H])c([2H])c([2H])c([2H])c3[2H])c3c([2H])c([2H])c([2H])c([2H])c3Oc3c([2H])c(-c4c([2H])c([2H])c([2H])c([2H])c4-c4cccc5sc6ccccc6c45)c([2H])c([2H])c32)c([2H])c1[2H]. The zero-order chi connectivity index (χ0) is 48.1. The molecule has 1 aliphatic heterocycles. The molecule has 0 amide bonds. The highest BCUT2D eigenvalue weighted by Gasteiger charge is 2.45. The molecule has 0 N–H and O–H groups in total. The van der Waals surface area contributed by atoms with Gasteiger partial charge in [-0.15, -0.1) is 11.3 Å². The van der Waals surface area contributed by atoms with Crippen LogP contribution in [-0.4, -0.2) is 0 Å². The summed E-state index contributed by atoms with van der Waals surface area (Å²) in [6, 6.07) is -7.91. The number of thiophene rings is 1. The van der Waals surface area contributed by atoms with Gasteiger partial charge in [-0.05, 0) is 57.6 Å². The quantitative estimate of drug-likeness (QED) is 0.192. The molecule has 45 heavy (non-hydrogen) atoms. The number of hydrogen-bond acceptors (Lipinski definition) is 2. The van der Waals surface area contributed by atoms with Crippen molar-refractivity contribution in [1.29, 1.82) is 0 Å². The highest BCUT2D eigenvalue weighted by Crippen LogP contribution is 2.56. The van der Waals surface area contributed by atoms with Crippen LogP contribution in [0, 0.1) is 0 Å². The third-order valence-electron chi connectivity index (χ3n) is 7.74. The van der Waals surface area contributed by atoms with Crippen LogP contribution >= 0.6 is 11.3 Å². The summed E-state index contributed by atoms with van der Waals surface area (Å²) in [4.78, 5) is 0. The molecule has 0 spiro atoms. The van der Waals surface area contributed by atoms with Crippen molar-refractivity contribution < 1.29 is 33.5 Å². The van der Waals surface area contributed by atoms with Crippen LogP contribution in [0.4, 0.5) is 0 Å². The molecule has 1 aliphatic rings. The largest absolute Gasteiger partial charge is 0.457 e. The van der Waals surface area contributed by atoms with E-state index in [0.717, 1.165) is 4.70 Å². The Labute approximate surface area is 296 Å². The summed E-state index contributed by atoms with van der Waals surface area (Å²) in [5, 5.41) is 1.28. The second kappa shape index (κ2) is 10.3. The van der Waals surface area contributed by atoms with Crippen LogP contribution in [0.5, 0.6) is 11.5 Å². The first-order valence-electron chi connectivity index (χ1n) is 24.1. The van der Waals surface area contributed by atoms with Gasteiger partial charge in [0.2, 0.25) is 0 Å². The van der Waals surface area contributed by atoms with E-state index in [1.807, 2.05) is 24.3 Å². The number of ether oxygens (including phenoxy) is 1.